The van der Waals surface area contributed by atoms with Crippen LogP contribution in [0.15, 0.2) is 48.7 Å². The molecule has 0 radical (unpaired) electrons. The normalized spacial score (nSPS) is 22.4. The lowest BCUT2D eigenvalue weighted by molar-refractivity contribution is -0.141. The zero-order valence-corrected chi connectivity index (χ0v) is 37.6. The second kappa shape index (κ2) is 17.1. The van der Waals surface area contributed by atoms with Crippen molar-refractivity contribution >= 4 is 45.8 Å². The highest BCUT2D eigenvalue weighted by atomic mass is 16.5. The molecule has 6 heterocycles. The zero-order chi connectivity index (χ0) is 45.0. The first-order valence-electron chi connectivity index (χ1n) is 22.5. The third-order valence-corrected chi connectivity index (χ3v) is 14.2. The Labute approximate surface area is 372 Å². The van der Waals surface area contributed by atoms with E-state index in [1.807, 2.05) is 56.7 Å². The highest BCUT2D eigenvalue weighted by Crippen LogP contribution is 2.45. The average molecular weight is 875 g/mol. The molecule has 0 spiro atoms. The number of methoxy groups -OCH3 is 2. The van der Waals surface area contributed by atoms with Gasteiger partial charge in [-0.1, -0.05) is 39.0 Å². The number of carbonyl (C=O) groups is 4. The Bertz CT molecular complexity index is 2610. The number of fused-ring (bicyclic) bond motifs is 6. The molecular weight excluding hydrogens is 817 g/mol. The molecule has 64 heavy (non-hydrogen) atoms. The van der Waals surface area contributed by atoms with Crippen LogP contribution >= 0.6 is 0 Å². The third-order valence-electron chi connectivity index (χ3n) is 14.2. The van der Waals surface area contributed by atoms with E-state index in [4.69, 9.17) is 28.9 Å². The summed E-state index contributed by atoms with van der Waals surface area (Å²) in [6.45, 7) is 11.4. The largest absolute Gasteiger partial charge is 0.488 e. The fourth-order valence-corrected chi connectivity index (χ4v) is 10.4. The SMILES string of the molecule is COC(=O)N[C@H](C(=O)N1[C@@H](C)CC[C@H]1c1nc2ccc3cc4c(cc3c2[nH]1)OCc1cc(-c2cnc([C@@H]3CC[C@H](C)N3C(=O)[C@@H](NC(=O)OC)C3(C)CCOCC3)[nH]2)ccc1-4)C(C)C. The van der Waals surface area contributed by atoms with Crippen LogP contribution in [0.2, 0.25) is 0 Å². The summed E-state index contributed by atoms with van der Waals surface area (Å²) in [4.78, 5) is 73.9. The molecule has 9 rings (SSSR count). The Morgan fingerprint density at radius 1 is 0.828 bits per heavy atom. The molecule has 4 aliphatic rings. The van der Waals surface area contributed by atoms with Crippen LogP contribution in [0.1, 0.15) is 102 Å². The first-order valence-corrected chi connectivity index (χ1v) is 22.5. The predicted molar refractivity (Wildman–Crippen MR) is 239 cm³/mol. The van der Waals surface area contributed by atoms with Gasteiger partial charge >= 0.3 is 12.2 Å². The van der Waals surface area contributed by atoms with Crippen molar-refractivity contribution in [2.24, 2.45) is 11.3 Å². The maximum Gasteiger partial charge on any atom is 0.407 e. The minimum Gasteiger partial charge on any atom is -0.488 e. The molecule has 4 amide bonds. The van der Waals surface area contributed by atoms with Crippen molar-refractivity contribution in [2.75, 3.05) is 27.4 Å². The van der Waals surface area contributed by atoms with Crippen LogP contribution < -0.4 is 15.4 Å². The lowest BCUT2D eigenvalue weighted by Gasteiger charge is -2.42. The number of imidazole rings is 2. The Hall–Kier alpha value is -6.16. The smallest absolute Gasteiger partial charge is 0.407 e. The maximum atomic E-state index is 14.5. The fraction of sp³-hybridized carbons (Fsp3) is 0.500. The van der Waals surface area contributed by atoms with Gasteiger partial charge in [0, 0.05) is 41.7 Å². The number of carbonyl (C=O) groups excluding carboxylic acids is 4. The van der Waals surface area contributed by atoms with Crippen LogP contribution in [0.25, 0.3) is 44.2 Å². The molecule has 0 unspecified atom stereocenters. The predicted octanol–water partition coefficient (Wildman–Crippen LogP) is 7.69. The van der Waals surface area contributed by atoms with Crippen molar-refractivity contribution in [1.29, 1.82) is 0 Å². The van der Waals surface area contributed by atoms with Crippen LogP contribution in [0.4, 0.5) is 9.59 Å². The average Bonchev–Trinajstić information content (AvgIpc) is 4.12. The summed E-state index contributed by atoms with van der Waals surface area (Å²) < 4.78 is 21.9. The monoisotopic (exact) mass is 874 g/mol. The third kappa shape index (κ3) is 7.68. The van der Waals surface area contributed by atoms with E-state index in [1.165, 1.54) is 14.2 Å². The number of nitrogens with zero attached hydrogens (tertiary/aromatic N) is 4. The molecule has 0 aliphatic carbocycles. The Balaban J connectivity index is 0.964. The van der Waals surface area contributed by atoms with E-state index in [-0.39, 0.29) is 41.9 Å². The van der Waals surface area contributed by atoms with E-state index in [0.29, 0.717) is 44.3 Å². The van der Waals surface area contributed by atoms with Gasteiger partial charge in [-0.15, -0.1) is 0 Å². The molecule has 0 saturated carbocycles. The first kappa shape index (κ1) is 43.1. The van der Waals surface area contributed by atoms with Crippen LogP contribution in [0, 0.1) is 11.3 Å². The molecule has 6 atom stereocenters. The number of amides is 4. The summed E-state index contributed by atoms with van der Waals surface area (Å²) in [6.07, 6.45) is 4.96. The number of rotatable bonds is 9. The number of hydrogen-bond acceptors (Lipinski definition) is 10. The van der Waals surface area contributed by atoms with Gasteiger partial charge in [-0.2, -0.15) is 0 Å². The van der Waals surface area contributed by atoms with Gasteiger partial charge in [0.2, 0.25) is 11.8 Å². The quantitative estimate of drug-likeness (QED) is 0.114. The number of alkyl carbamates (subject to hydrolysis) is 2. The molecule has 3 fully saturated rings. The topological polar surface area (TPSA) is 193 Å². The summed E-state index contributed by atoms with van der Waals surface area (Å²) in [6, 6.07) is 12.5. The lowest BCUT2D eigenvalue weighted by atomic mass is 9.75. The van der Waals surface area contributed by atoms with Gasteiger partial charge in [-0.05, 0) is 105 Å². The van der Waals surface area contributed by atoms with Crippen LogP contribution in [-0.2, 0) is 30.4 Å². The Morgan fingerprint density at radius 3 is 2.22 bits per heavy atom. The highest BCUT2D eigenvalue weighted by Gasteiger charge is 2.48. The standard InChI is InChI=1S/C48H58N8O8/c1-25(2)39(53-46(59)61-6)44(57)55-26(3)9-15-37(55)43-50-34-13-11-28-21-33-31-12-10-29(20-30(31)24-64-38(33)22-32(28)40(34)52-43)35-23-49-42(51-35)36-14-8-27(4)56(36)45(58)41(54-47(60)62-7)48(5)16-18-63-19-17-48/h10-13,20-23,25-27,36-37,39,41H,8-9,14-19,24H2,1-7H3,(H,49,51)(H,50,52)(H,53,59)(H,54,60)/t26-,27-,36-,37-,39-,41+/m0/s1. The fourth-order valence-electron chi connectivity index (χ4n) is 10.4. The number of hydrogen-bond donors (Lipinski definition) is 4. The first-order chi connectivity index (χ1) is 30.8. The Kier molecular flexibility index (Phi) is 11.5. The van der Waals surface area contributed by atoms with E-state index in [9.17, 15) is 19.2 Å². The minimum absolute atomic E-state index is 0.0287. The summed E-state index contributed by atoms with van der Waals surface area (Å²) in [5, 5.41) is 7.62. The summed E-state index contributed by atoms with van der Waals surface area (Å²) in [7, 11) is 2.61. The van der Waals surface area contributed by atoms with E-state index in [2.05, 4.69) is 57.0 Å². The molecule has 3 saturated heterocycles. The molecule has 5 aromatic rings. The summed E-state index contributed by atoms with van der Waals surface area (Å²) in [5.74, 6) is 1.76. The van der Waals surface area contributed by atoms with Crippen LogP contribution in [0.5, 0.6) is 5.75 Å². The Morgan fingerprint density at radius 2 is 1.52 bits per heavy atom. The number of H-pyrrole nitrogens is 2. The van der Waals surface area contributed by atoms with E-state index in [1.54, 1.807) is 0 Å². The number of benzene rings is 3. The van der Waals surface area contributed by atoms with Gasteiger partial charge in [0.1, 0.15) is 36.1 Å². The number of aromatic nitrogens is 4. The number of aromatic amines is 2. The molecular formula is C48H58N8O8. The van der Waals surface area contributed by atoms with Crippen molar-refractivity contribution < 1.29 is 38.1 Å². The van der Waals surface area contributed by atoms with E-state index < -0.39 is 29.7 Å². The maximum absolute atomic E-state index is 14.5. The van der Waals surface area contributed by atoms with Crippen molar-refractivity contribution in [1.82, 2.24) is 40.4 Å². The number of nitrogens with one attached hydrogen (secondary N) is 4. The molecule has 16 nitrogen and oxygen atoms in total. The molecule has 338 valence electrons. The number of likely N-dealkylation sites (tertiary alicyclic amines) is 2. The molecule has 0 bridgehead atoms. The van der Waals surface area contributed by atoms with Crippen LogP contribution in [0.3, 0.4) is 0 Å². The van der Waals surface area contributed by atoms with Gasteiger partial charge < -0.3 is 49.3 Å². The van der Waals surface area contributed by atoms with E-state index >= 15 is 0 Å². The van der Waals surface area contributed by atoms with Gasteiger partial charge in [0.25, 0.3) is 0 Å². The second-order valence-electron chi connectivity index (χ2n) is 18.6. The van der Waals surface area contributed by atoms with Crippen molar-refractivity contribution in [3.63, 3.8) is 0 Å². The number of ether oxygens (including phenoxy) is 4. The van der Waals surface area contributed by atoms with Crippen molar-refractivity contribution in [3.8, 4) is 28.1 Å². The zero-order valence-electron chi connectivity index (χ0n) is 37.6. The van der Waals surface area contributed by atoms with Gasteiger partial charge in [0.15, 0.2) is 0 Å². The van der Waals surface area contributed by atoms with Crippen molar-refractivity contribution in [2.45, 2.75) is 116 Å². The summed E-state index contributed by atoms with van der Waals surface area (Å²) in [5.41, 5.74) is 6.09. The molecule has 16 heteroatoms. The van der Waals surface area contributed by atoms with Crippen molar-refractivity contribution in [3.05, 3.63) is 65.9 Å². The molecule has 4 aliphatic heterocycles. The van der Waals surface area contributed by atoms with Crippen LogP contribution in [-0.4, -0.2) is 105 Å². The highest BCUT2D eigenvalue weighted by molar-refractivity contribution is 6.07. The minimum atomic E-state index is -0.768. The van der Waals surface area contributed by atoms with Gasteiger partial charge in [-0.25, -0.2) is 19.6 Å². The van der Waals surface area contributed by atoms with E-state index in [0.717, 1.165) is 81.2 Å². The molecule has 4 N–H and O–H groups in total. The molecule has 2 aromatic heterocycles. The summed E-state index contributed by atoms with van der Waals surface area (Å²) >= 11 is 0. The molecule has 3 aromatic carbocycles. The lowest BCUT2D eigenvalue weighted by Crippen LogP contribution is -2.58. The van der Waals surface area contributed by atoms with Gasteiger partial charge in [-0.3, -0.25) is 9.59 Å². The second-order valence-corrected chi connectivity index (χ2v) is 18.6. The van der Waals surface area contributed by atoms with Gasteiger partial charge in [0.05, 0.1) is 49.2 Å².